The third-order valence-electron chi connectivity index (χ3n) is 4.95. The van der Waals surface area contributed by atoms with Crippen molar-refractivity contribution in [3.63, 3.8) is 0 Å². The molecule has 0 spiro atoms. The second-order valence-corrected chi connectivity index (χ2v) is 8.62. The van der Waals surface area contributed by atoms with Gasteiger partial charge >= 0.3 is 0 Å². The first-order valence-electron chi connectivity index (χ1n) is 9.04. The molecule has 0 aliphatic carbocycles. The number of hydrogen-bond donors (Lipinski definition) is 0. The molecule has 0 saturated carbocycles. The number of benzene rings is 2. The molecule has 0 unspecified atom stereocenters. The zero-order valence-corrected chi connectivity index (χ0v) is 16.2. The van der Waals surface area contributed by atoms with E-state index in [2.05, 4.69) is 0 Å². The summed E-state index contributed by atoms with van der Waals surface area (Å²) in [7, 11) is -4.33. The molecule has 29 heavy (non-hydrogen) atoms. The van der Waals surface area contributed by atoms with Crippen molar-refractivity contribution >= 4 is 22.0 Å². The van der Waals surface area contributed by atoms with Crippen molar-refractivity contribution in [3.8, 4) is 5.75 Å². The Hall–Kier alpha value is -2.78. The van der Waals surface area contributed by atoms with Gasteiger partial charge in [-0.15, -0.1) is 0 Å². The summed E-state index contributed by atoms with van der Waals surface area (Å²) >= 11 is 0. The van der Waals surface area contributed by atoms with Gasteiger partial charge in [0.2, 0.25) is 10.0 Å². The highest BCUT2D eigenvalue weighted by Crippen LogP contribution is 2.27. The number of piperazine rings is 1. The molecule has 0 atom stereocenters. The normalized spacial score (nSPS) is 17.3. The molecule has 0 N–H and O–H groups in total. The van der Waals surface area contributed by atoms with Crippen molar-refractivity contribution in [3.05, 3.63) is 65.2 Å². The SMILES string of the molecule is O=C(C1=Cc2ccccc2OC1)N1CCN(S(=O)(=O)c2c(F)cccc2F)CC1. The van der Waals surface area contributed by atoms with Crippen molar-refractivity contribution in [2.24, 2.45) is 0 Å². The number of para-hydroxylation sites is 1. The van der Waals surface area contributed by atoms with Crippen LogP contribution in [0.4, 0.5) is 8.78 Å². The molecule has 2 heterocycles. The molecular weight excluding hydrogens is 402 g/mol. The van der Waals surface area contributed by atoms with Crippen molar-refractivity contribution in [1.29, 1.82) is 0 Å². The minimum Gasteiger partial charge on any atom is -0.488 e. The van der Waals surface area contributed by atoms with Gasteiger partial charge in [0.05, 0.1) is 5.57 Å². The number of carbonyl (C=O) groups is 1. The number of fused-ring (bicyclic) bond motifs is 1. The van der Waals surface area contributed by atoms with Crippen LogP contribution in [0.1, 0.15) is 5.56 Å². The zero-order chi connectivity index (χ0) is 20.6. The van der Waals surface area contributed by atoms with Gasteiger partial charge in [0.1, 0.15) is 24.0 Å². The summed E-state index contributed by atoms with van der Waals surface area (Å²) in [6.45, 7) is 0.272. The Morgan fingerprint density at radius 3 is 2.28 bits per heavy atom. The lowest BCUT2D eigenvalue weighted by Crippen LogP contribution is -2.51. The summed E-state index contributed by atoms with van der Waals surface area (Å²) in [5.41, 5.74) is 1.28. The molecule has 2 aliphatic heterocycles. The van der Waals surface area contributed by atoms with Crippen molar-refractivity contribution in [2.45, 2.75) is 4.90 Å². The van der Waals surface area contributed by atoms with E-state index in [1.165, 1.54) is 4.90 Å². The van der Waals surface area contributed by atoms with E-state index in [9.17, 15) is 22.0 Å². The van der Waals surface area contributed by atoms with Gasteiger partial charge in [-0.05, 0) is 24.3 Å². The van der Waals surface area contributed by atoms with Crippen molar-refractivity contribution in [1.82, 2.24) is 9.21 Å². The molecule has 4 rings (SSSR count). The first kappa shape index (κ1) is 19.5. The first-order chi connectivity index (χ1) is 13.9. The molecule has 0 aromatic heterocycles. The lowest BCUT2D eigenvalue weighted by atomic mass is 10.1. The van der Waals surface area contributed by atoms with E-state index in [4.69, 9.17) is 4.74 Å². The molecule has 9 heteroatoms. The van der Waals surface area contributed by atoms with Crippen LogP contribution in [-0.2, 0) is 14.8 Å². The van der Waals surface area contributed by atoms with Crippen molar-refractivity contribution in [2.75, 3.05) is 32.8 Å². The van der Waals surface area contributed by atoms with Crippen LogP contribution < -0.4 is 4.74 Å². The minimum absolute atomic E-state index is 0.0490. The lowest BCUT2D eigenvalue weighted by Gasteiger charge is -2.34. The van der Waals surface area contributed by atoms with Crippen LogP contribution in [0.5, 0.6) is 5.75 Å². The highest BCUT2D eigenvalue weighted by atomic mass is 32.2. The fourth-order valence-corrected chi connectivity index (χ4v) is 4.96. The fraction of sp³-hybridized carbons (Fsp3) is 0.250. The van der Waals surface area contributed by atoms with Crippen LogP contribution in [-0.4, -0.2) is 56.3 Å². The van der Waals surface area contributed by atoms with E-state index < -0.39 is 26.6 Å². The maximum absolute atomic E-state index is 13.9. The van der Waals surface area contributed by atoms with Gasteiger partial charge in [-0.3, -0.25) is 4.79 Å². The van der Waals surface area contributed by atoms with Crippen LogP contribution in [0, 0.1) is 11.6 Å². The molecule has 1 fully saturated rings. The van der Waals surface area contributed by atoms with Crippen LogP contribution in [0.2, 0.25) is 0 Å². The Kier molecular flexibility index (Phi) is 5.10. The summed E-state index contributed by atoms with van der Waals surface area (Å²) in [5.74, 6) is -1.81. The van der Waals surface area contributed by atoms with Gasteiger partial charge < -0.3 is 9.64 Å². The lowest BCUT2D eigenvalue weighted by molar-refractivity contribution is -0.128. The van der Waals surface area contributed by atoms with Crippen LogP contribution in [0.3, 0.4) is 0 Å². The van der Waals surface area contributed by atoms with Crippen molar-refractivity contribution < 1.29 is 26.7 Å². The predicted octanol–water partition coefficient (Wildman–Crippen LogP) is 2.27. The number of hydrogen-bond acceptors (Lipinski definition) is 4. The van der Waals surface area contributed by atoms with E-state index in [1.54, 1.807) is 6.08 Å². The Bertz CT molecular complexity index is 1070. The van der Waals surface area contributed by atoms with E-state index in [1.807, 2.05) is 24.3 Å². The largest absolute Gasteiger partial charge is 0.488 e. The Morgan fingerprint density at radius 1 is 0.931 bits per heavy atom. The highest BCUT2D eigenvalue weighted by molar-refractivity contribution is 7.89. The number of ether oxygens (including phenoxy) is 1. The molecular formula is C20H18F2N2O4S. The summed E-state index contributed by atoms with van der Waals surface area (Å²) in [6.07, 6.45) is 1.76. The minimum atomic E-state index is -4.33. The number of amides is 1. The van der Waals surface area contributed by atoms with Gasteiger partial charge in [-0.1, -0.05) is 24.3 Å². The van der Waals surface area contributed by atoms with E-state index >= 15 is 0 Å². The second kappa shape index (κ2) is 7.57. The molecule has 2 aliphatic rings. The Labute approximate surface area is 167 Å². The quantitative estimate of drug-likeness (QED) is 0.764. The molecule has 2 aromatic rings. The maximum atomic E-state index is 13.9. The molecule has 152 valence electrons. The summed E-state index contributed by atoms with van der Waals surface area (Å²) < 4.78 is 59.8. The third kappa shape index (κ3) is 3.63. The molecule has 0 radical (unpaired) electrons. The summed E-state index contributed by atoms with van der Waals surface area (Å²) in [4.78, 5) is 13.3. The van der Waals surface area contributed by atoms with Gasteiger partial charge in [0.25, 0.3) is 5.91 Å². The summed E-state index contributed by atoms with van der Waals surface area (Å²) in [5, 5.41) is 0. The van der Waals surface area contributed by atoms with Gasteiger partial charge in [-0.2, -0.15) is 4.31 Å². The van der Waals surface area contributed by atoms with E-state index in [-0.39, 0.29) is 38.7 Å². The smallest absolute Gasteiger partial charge is 0.253 e. The monoisotopic (exact) mass is 420 g/mol. The van der Waals surface area contributed by atoms with Gasteiger partial charge in [0, 0.05) is 31.7 Å². The van der Waals surface area contributed by atoms with Crippen LogP contribution in [0.15, 0.2) is 52.9 Å². The molecule has 2 aromatic carbocycles. The Balaban J connectivity index is 1.47. The number of rotatable bonds is 3. The number of carbonyl (C=O) groups excluding carboxylic acids is 1. The number of sulfonamides is 1. The zero-order valence-electron chi connectivity index (χ0n) is 15.3. The fourth-order valence-electron chi connectivity index (χ4n) is 3.43. The van der Waals surface area contributed by atoms with Crippen LogP contribution in [0.25, 0.3) is 6.08 Å². The summed E-state index contributed by atoms with van der Waals surface area (Å²) in [6, 6.07) is 10.3. The van der Waals surface area contributed by atoms with E-state index in [0.29, 0.717) is 11.3 Å². The topological polar surface area (TPSA) is 66.9 Å². The average molecular weight is 420 g/mol. The highest BCUT2D eigenvalue weighted by Gasteiger charge is 2.34. The molecule has 0 bridgehead atoms. The molecule has 1 amide bonds. The van der Waals surface area contributed by atoms with Gasteiger partial charge in [0.15, 0.2) is 4.90 Å². The molecule has 6 nitrogen and oxygen atoms in total. The average Bonchev–Trinajstić information content (AvgIpc) is 2.72. The maximum Gasteiger partial charge on any atom is 0.253 e. The molecule has 1 saturated heterocycles. The number of nitrogens with zero attached hydrogens (tertiary/aromatic N) is 2. The standard InChI is InChI=1S/C20H18F2N2O4S/c21-16-5-3-6-17(22)19(16)29(26,27)24-10-8-23(9-11-24)20(25)15-12-14-4-1-2-7-18(14)28-13-15/h1-7,12H,8-11,13H2. The second-order valence-electron chi connectivity index (χ2n) is 6.74. The Morgan fingerprint density at radius 2 is 1.59 bits per heavy atom. The van der Waals surface area contributed by atoms with E-state index in [0.717, 1.165) is 28.1 Å². The number of halogens is 2. The van der Waals surface area contributed by atoms with Crippen LogP contribution >= 0.6 is 0 Å². The van der Waals surface area contributed by atoms with Gasteiger partial charge in [-0.25, -0.2) is 17.2 Å². The first-order valence-corrected chi connectivity index (χ1v) is 10.5. The predicted molar refractivity (Wildman–Crippen MR) is 102 cm³/mol. The third-order valence-corrected chi connectivity index (χ3v) is 6.90.